The van der Waals surface area contributed by atoms with E-state index in [1.54, 1.807) is 7.11 Å². The number of nitrogens with zero attached hydrogens (tertiary/aromatic N) is 1. The maximum atomic E-state index is 11.7. The van der Waals surface area contributed by atoms with Crippen molar-refractivity contribution in [2.24, 2.45) is 11.8 Å². The predicted molar refractivity (Wildman–Crippen MR) is 88.9 cm³/mol. The van der Waals surface area contributed by atoms with Gasteiger partial charge in [0.2, 0.25) is 0 Å². The molecule has 3 rings (SSSR count). The number of methoxy groups -OCH3 is 1. The van der Waals surface area contributed by atoms with Crippen LogP contribution in [0.25, 0.3) is 10.6 Å². The van der Waals surface area contributed by atoms with Gasteiger partial charge in [-0.15, -0.1) is 11.3 Å². The molecule has 0 radical (unpaired) electrons. The summed E-state index contributed by atoms with van der Waals surface area (Å²) in [6.45, 7) is 2.29. The van der Waals surface area contributed by atoms with E-state index in [0.717, 1.165) is 32.9 Å². The second-order valence-corrected chi connectivity index (χ2v) is 7.19. The molecule has 4 nitrogen and oxygen atoms in total. The first kappa shape index (κ1) is 15.5. The van der Waals surface area contributed by atoms with Crippen LogP contribution < -0.4 is 4.74 Å². The molecule has 0 aliphatic heterocycles. The van der Waals surface area contributed by atoms with Crippen LogP contribution in [0.3, 0.4) is 0 Å². The summed E-state index contributed by atoms with van der Waals surface area (Å²) in [5.41, 5.74) is 1.69. The van der Waals surface area contributed by atoms with Crippen LogP contribution in [0, 0.1) is 11.8 Å². The van der Waals surface area contributed by atoms with Gasteiger partial charge in [-0.25, -0.2) is 4.98 Å². The Labute approximate surface area is 141 Å². The van der Waals surface area contributed by atoms with Gasteiger partial charge in [0.05, 0.1) is 24.3 Å². The highest BCUT2D eigenvalue weighted by Crippen LogP contribution is 2.39. The van der Waals surface area contributed by atoms with Crippen molar-refractivity contribution in [3.63, 3.8) is 0 Å². The molecule has 2 atom stereocenters. The number of thiazole rings is 1. The topological polar surface area (TPSA) is 48.4 Å². The van der Waals surface area contributed by atoms with E-state index in [-0.39, 0.29) is 18.5 Å². The van der Waals surface area contributed by atoms with Crippen LogP contribution >= 0.6 is 27.3 Å². The highest BCUT2D eigenvalue weighted by molar-refractivity contribution is 9.10. The first-order chi connectivity index (χ1) is 10.6. The minimum absolute atomic E-state index is 0.0864. The molecule has 0 amide bonds. The number of benzene rings is 1. The SMILES string of the molecule is COc1ccc(Br)cc1-c1nc(COC(=O)C2CC2C)cs1. The van der Waals surface area contributed by atoms with Crippen LogP contribution in [-0.4, -0.2) is 18.1 Å². The molecule has 1 saturated carbocycles. The summed E-state index contributed by atoms with van der Waals surface area (Å²) >= 11 is 4.97. The van der Waals surface area contributed by atoms with E-state index in [0.29, 0.717) is 5.92 Å². The van der Waals surface area contributed by atoms with Crippen LogP contribution in [0.15, 0.2) is 28.1 Å². The molecule has 2 unspecified atom stereocenters. The summed E-state index contributed by atoms with van der Waals surface area (Å²) in [7, 11) is 1.64. The molecule has 1 fully saturated rings. The number of hydrogen-bond donors (Lipinski definition) is 0. The predicted octanol–water partition coefficient (Wildman–Crippen LogP) is 4.28. The zero-order valence-electron chi connectivity index (χ0n) is 12.3. The summed E-state index contributed by atoms with van der Waals surface area (Å²) in [4.78, 5) is 16.3. The average molecular weight is 382 g/mol. The van der Waals surface area contributed by atoms with Crippen molar-refractivity contribution in [2.45, 2.75) is 20.0 Å². The minimum Gasteiger partial charge on any atom is -0.496 e. The van der Waals surface area contributed by atoms with E-state index in [4.69, 9.17) is 9.47 Å². The Morgan fingerprint density at radius 3 is 2.95 bits per heavy atom. The second kappa shape index (κ2) is 6.38. The Balaban J connectivity index is 1.71. The molecule has 0 N–H and O–H groups in total. The lowest BCUT2D eigenvalue weighted by molar-refractivity contribution is -0.146. The van der Waals surface area contributed by atoms with Crippen LogP contribution in [0.2, 0.25) is 0 Å². The van der Waals surface area contributed by atoms with Crippen molar-refractivity contribution < 1.29 is 14.3 Å². The van der Waals surface area contributed by atoms with E-state index in [1.165, 1.54) is 11.3 Å². The van der Waals surface area contributed by atoms with E-state index < -0.39 is 0 Å². The normalized spacial score (nSPS) is 19.8. The summed E-state index contributed by atoms with van der Waals surface area (Å²) in [6, 6.07) is 5.80. The van der Waals surface area contributed by atoms with E-state index in [1.807, 2.05) is 23.6 Å². The van der Waals surface area contributed by atoms with Gasteiger partial charge in [0.1, 0.15) is 17.4 Å². The fraction of sp³-hybridized carbons (Fsp3) is 0.375. The van der Waals surface area contributed by atoms with Gasteiger partial charge < -0.3 is 9.47 Å². The maximum absolute atomic E-state index is 11.7. The van der Waals surface area contributed by atoms with Crippen molar-refractivity contribution in [3.05, 3.63) is 33.7 Å². The van der Waals surface area contributed by atoms with Gasteiger partial charge >= 0.3 is 5.97 Å². The van der Waals surface area contributed by atoms with E-state index in [9.17, 15) is 4.79 Å². The number of carbonyl (C=O) groups is 1. The summed E-state index contributed by atoms with van der Waals surface area (Å²) in [5, 5.41) is 2.77. The lowest BCUT2D eigenvalue weighted by atomic mass is 10.2. The average Bonchev–Trinajstić information content (AvgIpc) is 3.06. The largest absolute Gasteiger partial charge is 0.496 e. The third kappa shape index (κ3) is 3.33. The first-order valence-electron chi connectivity index (χ1n) is 7.03. The monoisotopic (exact) mass is 381 g/mol. The van der Waals surface area contributed by atoms with Crippen molar-refractivity contribution in [1.29, 1.82) is 0 Å². The Morgan fingerprint density at radius 1 is 1.50 bits per heavy atom. The fourth-order valence-electron chi connectivity index (χ4n) is 2.25. The molecule has 0 bridgehead atoms. The van der Waals surface area contributed by atoms with Crippen LogP contribution in [0.5, 0.6) is 5.75 Å². The Morgan fingerprint density at radius 2 is 2.27 bits per heavy atom. The number of halogens is 1. The number of ether oxygens (including phenoxy) is 2. The summed E-state index contributed by atoms with van der Waals surface area (Å²) < 4.78 is 11.7. The highest BCUT2D eigenvalue weighted by Gasteiger charge is 2.40. The van der Waals surface area contributed by atoms with Crippen LogP contribution in [-0.2, 0) is 16.1 Å². The summed E-state index contributed by atoms with van der Waals surface area (Å²) in [5.74, 6) is 1.21. The number of rotatable bonds is 5. The molecular formula is C16H16BrNO3S. The lowest BCUT2D eigenvalue weighted by Gasteiger charge is -2.06. The molecule has 1 aliphatic carbocycles. The van der Waals surface area contributed by atoms with Crippen molar-refractivity contribution >= 4 is 33.2 Å². The molecule has 0 spiro atoms. The highest BCUT2D eigenvalue weighted by atomic mass is 79.9. The molecular weight excluding hydrogens is 366 g/mol. The number of hydrogen-bond acceptors (Lipinski definition) is 5. The Hall–Kier alpha value is -1.40. The zero-order valence-corrected chi connectivity index (χ0v) is 14.7. The number of aromatic nitrogens is 1. The third-order valence-electron chi connectivity index (χ3n) is 3.72. The number of esters is 1. The Kier molecular flexibility index (Phi) is 4.49. The second-order valence-electron chi connectivity index (χ2n) is 5.42. The standard InChI is InChI=1S/C16H16BrNO3S/c1-9-5-12(9)16(19)21-7-11-8-22-15(18-11)13-6-10(17)3-4-14(13)20-2/h3-4,6,8-9,12H,5,7H2,1-2H3. The Bertz CT molecular complexity index is 700. The van der Waals surface area contributed by atoms with Gasteiger partial charge in [0.15, 0.2) is 0 Å². The van der Waals surface area contributed by atoms with E-state index >= 15 is 0 Å². The lowest BCUT2D eigenvalue weighted by Crippen LogP contribution is -2.07. The minimum atomic E-state index is -0.109. The van der Waals surface area contributed by atoms with Gasteiger partial charge in [-0.05, 0) is 30.5 Å². The fourth-order valence-corrected chi connectivity index (χ4v) is 3.43. The summed E-state index contributed by atoms with van der Waals surface area (Å²) in [6.07, 6.45) is 0.941. The van der Waals surface area contributed by atoms with Crippen LogP contribution in [0.4, 0.5) is 0 Å². The molecule has 22 heavy (non-hydrogen) atoms. The molecule has 0 saturated heterocycles. The molecule has 116 valence electrons. The van der Waals surface area contributed by atoms with Gasteiger partial charge in [-0.2, -0.15) is 0 Å². The van der Waals surface area contributed by atoms with Gasteiger partial charge in [-0.3, -0.25) is 4.79 Å². The molecule has 6 heteroatoms. The quantitative estimate of drug-likeness (QED) is 0.725. The molecule has 1 aromatic carbocycles. The van der Waals surface area contributed by atoms with Crippen LogP contribution in [0.1, 0.15) is 19.0 Å². The van der Waals surface area contributed by atoms with Crippen molar-refractivity contribution in [3.8, 4) is 16.3 Å². The van der Waals surface area contributed by atoms with Gasteiger partial charge in [-0.1, -0.05) is 22.9 Å². The first-order valence-corrected chi connectivity index (χ1v) is 8.70. The van der Waals surface area contributed by atoms with E-state index in [2.05, 4.69) is 27.8 Å². The zero-order chi connectivity index (χ0) is 15.7. The van der Waals surface area contributed by atoms with Crippen molar-refractivity contribution in [2.75, 3.05) is 7.11 Å². The number of carbonyl (C=O) groups excluding carboxylic acids is 1. The van der Waals surface area contributed by atoms with Gasteiger partial charge in [0.25, 0.3) is 0 Å². The maximum Gasteiger partial charge on any atom is 0.309 e. The molecule has 1 aliphatic rings. The smallest absolute Gasteiger partial charge is 0.309 e. The molecule has 1 heterocycles. The molecule has 1 aromatic heterocycles. The van der Waals surface area contributed by atoms with Gasteiger partial charge in [0, 0.05) is 9.85 Å². The third-order valence-corrected chi connectivity index (χ3v) is 5.14. The van der Waals surface area contributed by atoms with Crippen molar-refractivity contribution in [1.82, 2.24) is 4.98 Å². The molecule has 2 aromatic rings.